The second-order valence-corrected chi connectivity index (χ2v) is 5.16. The molecule has 1 heterocycles. The molecule has 3 nitrogen and oxygen atoms in total. The number of thiocarbonyl (C=S) groups is 1. The summed E-state index contributed by atoms with van der Waals surface area (Å²) in [6.07, 6.45) is 2.69. The third kappa shape index (κ3) is 3.71. The lowest BCUT2D eigenvalue weighted by Crippen LogP contribution is -2.11. The van der Waals surface area contributed by atoms with Crippen LogP contribution in [0.3, 0.4) is 0 Å². The summed E-state index contributed by atoms with van der Waals surface area (Å²) in [6, 6.07) is 6.72. The quantitative estimate of drug-likeness (QED) is 0.868. The summed E-state index contributed by atoms with van der Waals surface area (Å²) < 4.78 is 19.4. The second-order valence-electron chi connectivity index (χ2n) is 3.80. The van der Waals surface area contributed by atoms with Crippen LogP contribution < -0.4 is 10.5 Å². The van der Waals surface area contributed by atoms with Gasteiger partial charge in [-0.25, -0.2) is 4.39 Å². The zero-order valence-electron chi connectivity index (χ0n) is 9.77. The van der Waals surface area contributed by atoms with Gasteiger partial charge in [-0.1, -0.05) is 28.1 Å². The zero-order valence-corrected chi connectivity index (χ0v) is 12.2. The first-order chi connectivity index (χ1) is 9.06. The molecule has 2 aromatic rings. The first-order valence-corrected chi connectivity index (χ1v) is 6.58. The summed E-state index contributed by atoms with van der Waals surface area (Å²) in [5.74, 6) is 0.159. The average Bonchev–Trinajstić information content (AvgIpc) is 2.37. The number of hydrogen-bond acceptors (Lipinski definition) is 3. The van der Waals surface area contributed by atoms with Gasteiger partial charge in [0.25, 0.3) is 0 Å². The van der Waals surface area contributed by atoms with Crippen LogP contribution in [0, 0.1) is 5.82 Å². The van der Waals surface area contributed by atoms with Gasteiger partial charge in [-0.2, -0.15) is 0 Å². The number of pyridine rings is 1. The van der Waals surface area contributed by atoms with Crippen molar-refractivity contribution in [3.8, 4) is 5.75 Å². The lowest BCUT2D eigenvalue weighted by molar-refractivity contribution is 0.304. The number of ether oxygens (including phenoxy) is 1. The molecule has 0 fully saturated rings. The van der Waals surface area contributed by atoms with Crippen molar-refractivity contribution in [3.05, 3.63) is 58.1 Å². The standard InChI is InChI=1S/C13H10BrFN2OS/c14-9-1-2-12(11(4-9)13(16)19)18-7-8-3-10(15)6-17-5-8/h1-6H,7H2,(H2,16,19). The monoisotopic (exact) mass is 340 g/mol. The third-order valence-electron chi connectivity index (χ3n) is 2.36. The second kappa shape index (κ2) is 6.08. The highest BCUT2D eigenvalue weighted by molar-refractivity contribution is 9.10. The number of halogens is 2. The molecule has 0 spiro atoms. The molecule has 0 amide bonds. The molecule has 0 bridgehead atoms. The molecule has 1 aromatic heterocycles. The number of nitrogens with zero attached hydrogens (tertiary/aromatic N) is 1. The summed E-state index contributed by atoms with van der Waals surface area (Å²) in [5.41, 5.74) is 6.90. The number of aromatic nitrogens is 1. The van der Waals surface area contributed by atoms with E-state index >= 15 is 0 Å². The van der Waals surface area contributed by atoms with Crippen LogP contribution in [0.4, 0.5) is 4.39 Å². The van der Waals surface area contributed by atoms with Crippen LogP contribution in [0.15, 0.2) is 41.1 Å². The van der Waals surface area contributed by atoms with Crippen LogP contribution in [0.5, 0.6) is 5.75 Å². The molecule has 98 valence electrons. The molecule has 6 heteroatoms. The fourth-order valence-electron chi connectivity index (χ4n) is 1.52. The summed E-state index contributed by atoms with van der Waals surface area (Å²) in [4.78, 5) is 4.00. The van der Waals surface area contributed by atoms with Gasteiger partial charge in [0.2, 0.25) is 0 Å². The van der Waals surface area contributed by atoms with Gasteiger partial charge in [-0.05, 0) is 24.3 Å². The first-order valence-electron chi connectivity index (χ1n) is 5.38. The van der Waals surface area contributed by atoms with E-state index in [1.807, 2.05) is 6.07 Å². The predicted molar refractivity (Wildman–Crippen MR) is 78.6 cm³/mol. The molecule has 1 aromatic carbocycles. The highest BCUT2D eigenvalue weighted by atomic mass is 79.9. The van der Waals surface area contributed by atoms with Crippen LogP contribution in [0.25, 0.3) is 0 Å². The van der Waals surface area contributed by atoms with Crippen molar-refractivity contribution in [2.24, 2.45) is 5.73 Å². The minimum atomic E-state index is -0.397. The molecule has 0 aliphatic carbocycles. The molecule has 0 saturated carbocycles. The molecular formula is C13H10BrFN2OS. The summed E-state index contributed by atoms with van der Waals surface area (Å²) in [7, 11) is 0. The van der Waals surface area contributed by atoms with Gasteiger partial charge < -0.3 is 10.5 Å². The normalized spacial score (nSPS) is 10.2. The Labute approximate surface area is 123 Å². The van der Waals surface area contributed by atoms with Crippen LogP contribution in [-0.4, -0.2) is 9.97 Å². The van der Waals surface area contributed by atoms with Crippen molar-refractivity contribution >= 4 is 33.1 Å². The fraction of sp³-hybridized carbons (Fsp3) is 0.0769. The van der Waals surface area contributed by atoms with Gasteiger partial charge in [0.1, 0.15) is 23.2 Å². The number of hydrogen-bond donors (Lipinski definition) is 1. The van der Waals surface area contributed by atoms with Gasteiger partial charge in [-0.15, -0.1) is 0 Å². The van der Waals surface area contributed by atoms with E-state index in [1.54, 1.807) is 18.3 Å². The van der Waals surface area contributed by atoms with Gasteiger partial charge in [0, 0.05) is 16.2 Å². The lowest BCUT2D eigenvalue weighted by atomic mass is 10.2. The van der Waals surface area contributed by atoms with Crippen LogP contribution in [0.1, 0.15) is 11.1 Å². The lowest BCUT2D eigenvalue weighted by Gasteiger charge is -2.11. The van der Waals surface area contributed by atoms with E-state index in [-0.39, 0.29) is 11.6 Å². The molecule has 0 unspecified atom stereocenters. The number of nitrogens with two attached hydrogens (primary N) is 1. The highest BCUT2D eigenvalue weighted by Gasteiger charge is 2.08. The van der Waals surface area contributed by atoms with Crippen LogP contribution in [-0.2, 0) is 6.61 Å². The van der Waals surface area contributed by atoms with Crippen molar-refractivity contribution < 1.29 is 9.13 Å². The molecule has 2 rings (SSSR count). The van der Waals surface area contributed by atoms with Crippen molar-refractivity contribution in [1.82, 2.24) is 4.98 Å². The molecule has 0 radical (unpaired) electrons. The van der Waals surface area contributed by atoms with Gasteiger partial charge in [0.05, 0.1) is 11.8 Å². The first kappa shape index (κ1) is 13.9. The van der Waals surface area contributed by atoms with E-state index in [4.69, 9.17) is 22.7 Å². The van der Waals surface area contributed by atoms with Crippen LogP contribution in [0.2, 0.25) is 0 Å². The topological polar surface area (TPSA) is 48.1 Å². The Balaban J connectivity index is 2.17. The molecule has 0 saturated heterocycles. The van der Waals surface area contributed by atoms with Gasteiger partial charge in [0.15, 0.2) is 0 Å². The van der Waals surface area contributed by atoms with Gasteiger partial charge >= 0.3 is 0 Å². The molecule has 0 aliphatic rings. The van der Waals surface area contributed by atoms with E-state index in [2.05, 4.69) is 20.9 Å². The van der Waals surface area contributed by atoms with Crippen molar-refractivity contribution in [1.29, 1.82) is 0 Å². The van der Waals surface area contributed by atoms with E-state index in [1.165, 1.54) is 6.07 Å². The fourth-order valence-corrected chi connectivity index (χ4v) is 2.04. The maximum Gasteiger partial charge on any atom is 0.141 e. The average molecular weight is 341 g/mol. The molecule has 19 heavy (non-hydrogen) atoms. The molecule has 2 N–H and O–H groups in total. The predicted octanol–water partition coefficient (Wildman–Crippen LogP) is 3.20. The summed E-state index contributed by atoms with van der Waals surface area (Å²) in [6.45, 7) is 0.196. The molecule has 0 atom stereocenters. The van der Waals surface area contributed by atoms with E-state index < -0.39 is 5.82 Å². The van der Waals surface area contributed by atoms with E-state index in [9.17, 15) is 4.39 Å². The Bertz CT molecular complexity index is 621. The SMILES string of the molecule is NC(=S)c1cc(Br)ccc1OCc1cncc(F)c1. The van der Waals surface area contributed by atoms with Crippen molar-refractivity contribution in [3.63, 3.8) is 0 Å². The van der Waals surface area contributed by atoms with E-state index in [0.717, 1.165) is 10.7 Å². The maximum absolute atomic E-state index is 13.0. The van der Waals surface area contributed by atoms with E-state index in [0.29, 0.717) is 16.9 Å². The smallest absolute Gasteiger partial charge is 0.141 e. The third-order valence-corrected chi connectivity index (χ3v) is 3.08. The summed E-state index contributed by atoms with van der Waals surface area (Å²) in [5, 5.41) is 0. The highest BCUT2D eigenvalue weighted by Crippen LogP contribution is 2.24. The van der Waals surface area contributed by atoms with Crippen LogP contribution >= 0.6 is 28.1 Å². The summed E-state index contributed by atoms with van der Waals surface area (Å²) >= 11 is 8.31. The minimum Gasteiger partial charge on any atom is -0.488 e. The Morgan fingerprint density at radius 2 is 2.16 bits per heavy atom. The number of benzene rings is 1. The Kier molecular flexibility index (Phi) is 4.44. The zero-order chi connectivity index (χ0) is 13.8. The Hall–Kier alpha value is -1.53. The Morgan fingerprint density at radius 3 is 2.84 bits per heavy atom. The maximum atomic E-state index is 13.0. The largest absolute Gasteiger partial charge is 0.488 e. The Morgan fingerprint density at radius 1 is 1.37 bits per heavy atom. The molecular weight excluding hydrogens is 331 g/mol. The van der Waals surface area contributed by atoms with Crippen molar-refractivity contribution in [2.45, 2.75) is 6.61 Å². The van der Waals surface area contributed by atoms with Crippen molar-refractivity contribution in [2.75, 3.05) is 0 Å². The van der Waals surface area contributed by atoms with Gasteiger partial charge in [-0.3, -0.25) is 4.98 Å². The minimum absolute atomic E-state index is 0.196. The molecule has 0 aliphatic heterocycles. The number of rotatable bonds is 4.